The summed E-state index contributed by atoms with van der Waals surface area (Å²) < 4.78 is 3.45. The molecule has 8 nitrogen and oxygen atoms in total. The van der Waals surface area contributed by atoms with Crippen molar-refractivity contribution >= 4 is 17.2 Å². The third kappa shape index (κ3) is 2.14. The molecule has 1 saturated heterocycles. The molecule has 1 aliphatic carbocycles. The summed E-state index contributed by atoms with van der Waals surface area (Å²) in [7, 11) is 1.86. The van der Waals surface area contributed by atoms with E-state index >= 15 is 0 Å². The van der Waals surface area contributed by atoms with Crippen LogP contribution in [-0.4, -0.2) is 36.8 Å². The van der Waals surface area contributed by atoms with E-state index in [0.29, 0.717) is 12.4 Å². The lowest BCUT2D eigenvalue weighted by molar-refractivity contribution is -0.124. The van der Waals surface area contributed by atoms with Crippen molar-refractivity contribution in [1.29, 1.82) is 5.26 Å². The maximum Gasteiger partial charge on any atom is 0.249 e. The van der Waals surface area contributed by atoms with Gasteiger partial charge in [-0.2, -0.15) is 15.5 Å². The summed E-state index contributed by atoms with van der Waals surface area (Å²) in [6.45, 7) is 2.50. The number of fused-ring (bicyclic) bond motifs is 1. The standard InChI is InChI=1S/C19H19N7O/c1-12-9-25(18(27)19(12,11-20)14-3-4-14)17-16-7-15(13-8-22-24(2)10-13)23-26(16)6-5-21-17/h5-8,10,12,14H,3-4,9H2,1-2H3/t12-,19+/m1/s1. The van der Waals surface area contributed by atoms with Gasteiger partial charge in [0.25, 0.3) is 0 Å². The molecule has 4 heterocycles. The van der Waals surface area contributed by atoms with Gasteiger partial charge in [0.05, 0.1) is 18.0 Å². The molecule has 3 aromatic heterocycles. The summed E-state index contributed by atoms with van der Waals surface area (Å²) >= 11 is 0. The molecule has 5 rings (SSSR count). The molecule has 2 atom stereocenters. The average Bonchev–Trinajstić information content (AvgIpc) is 3.16. The quantitative estimate of drug-likeness (QED) is 0.712. The molecule has 2 fully saturated rings. The van der Waals surface area contributed by atoms with Crippen LogP contribution in [0, 0.1) is 28.6 Å². The minimum absolute atomic E-state index is 0.0229. The Balaban J connectivity index is 1.60. The number of nitrogens with zero attached hydrogens (tertiary/aromatic N) is 7. The van der Waals surface area contributed by atoms with Gasteiger partial charge in [0.15, 0.2) is 5.82 Å². The van der Waals surface area contributed by atoms with E-state index in [2.05, 4.69) is 21.3 Å². The number of aryl methyl sites for hydroxylation is 1. The lowest BCUT2D eigenvalue weighted by Crippen LogP contribution is -2.37. The zero-order valence-electron chi connectivity index (χ0n) is 15.2. The normalized spacial score (nSPS) is 25.3. The molecule has 3 aromatic rings. The van der Waals surface area contributed by atoms with Crippen molar-refractivity contribution in [3.63, 3.8) is 0 Å². The van der Waals surface area contributed by atoms with Gasteiger partial charge in [-0.15, -0.1) is 0 Å². The Labute approximate surface area is 156 Å². The molecule has 1 amide bonds. The summed E-state index contributed by atoms with van der Waals surface area (Å²) in [5, 5.41) is 18.6. The van der Waals surface area contributed by atoms with Crippen LogP contribution >= 0.6 is 0 Å². The fourth-order valence-electron chi connectivity index (χ4n) is 4.29. The average molecular weight is 361 g/mol. The van der Waals surface area contributed by atoms with Gasteiger partial charge in [-0.05, 0) is 24.8 Å². The monoisotopic (exact) mass is 361 g/mol. The molecule has 2 aliphatic rings. The van der Waals surface area contributed by atoms with Gasteiger partial charge in [-0.3, -0.25) is 14.4 Å². The first kappa shape index (κ1) is 16.0. The molecule has 0 radical (unpaired) electrons. The molecule has 136 valence electrons. The van der Waals surface area contributed by atoms with Crippen molar-refractivity contribution < 1.29 is 4.79 Å². The van der Waals surface area contributed by atoms with Crippen LogP contribution in [-0.2, 0) is 11.8 Å². The van der Waals surface area contributed by atoms with Crippen molar-refractivity contribution in [2.75, 3.05) is 11.4 Å². The number of nitriles is 1. The zero-order chi connectivity index (χ0) is 18.8. The molecule has 1 saturated carbocycles. The number of aromatic nitrogens is 5. The van der Waals surface area contributed by atoms with E-state index in [4.69, 9.17) is 0 Å². The molecule has 0 bridgehead atoms. The van der Waals surface area contributed by atoms with Gasteiger partial charge in [0.1, 0.15) is 10.9 Å². The topological polar surface area (TPSA) is 92.1 Å². The lowest BCUT2D eigenvalue weighted by Gasteiger charge is -2.22. The highest BCUT2D eigenvalue weighted by Gasteiger charge is 2.61. The fraction of sp³-hybridized carbons (Fsp3) is 0.421. The van der Waals surface area contributed by atoms with E-state index < -0.39 is 5.41 Å². The minimum atomic E-state index is -0.916. The molecular formula is C19H19N7O. The summed E-state index contributed by atoms with van der Waals surface area (Å²) in [6.07, 6.45) is 8.96. The van der Waals surface area contributed by atoms with Crippen LogP contribution in [0.5, 0.6) is 0 Å². The molecule has 0 N–H and O–H groups in total. The van der Waals surface area contributed by atoms with Crippen LogP contribution < -0.4 is 4.90 Å². The zero-order valence-corrected chi connectivity index (χ0v) is 15.2. The smallest absolute Gasteiger partial charge is 0.249 e. The van der Waals surface area contributed by atoms with Gasteiger partial charge >= 0.3 is 0 Å². The number of hydrogen-bond acceptors (Lipinski definition) is 5. The predicted octanol–water partition coefficient (Wildman–Crippen LogP) is 2.03. The number of anilines is 1. The second-order valence-electron chi connectivity index (χ2n) is 7.58. The van der Waals surface area contributed by atoms with E-state index in [0.717, 1.165) is 29.6 Å². The summed E-state index contributed by atoms with van der Waals surface area (Å²) in [4.78, 5) is 19.5. The van der Waals surface area contributed by atoms with Gasteiger partial charge in [0, 0.05) is 43.7 Å². The third-order valence-electron chi connectivity index (χ3n) is 5.86. The number of hydrogen-bond donors (Lipinski definition) is 0. The first-order valence-corrected chi connectivity index (χ1v) is 9.11. The van der Waals surface area contributed by atoms with Crippen molar-refractivity contribution in [3.8, 4) is 17.3 Å². The molecule has 1 aliphatic heterocycles. The van der Waals surface area contributed by atoms with E-state index in [1.165, 1.54) is 0 Å². The lowest BCUT2D eigenvalue weighted by atomic mass is 9.75. The maximum absolute atomic E-state index is 13.3. The van der Waals surface area contributed by atoms with Crippen LogP contribution in [0.1, 0.15) is 19.8 Å². The summed E-state index contributed by atoms with van der Waals surface area (Å²) in [5.41, 5.74) is 1.51. The highest BCUT2D eigenvalue weighted by molar-refractivity contribution is 6.04. The molecule has 0 unspecified atom stereocenters. The highest BCUT2D eigenvalue weighted by Crippen LogP contribution is 2.54. The largest absolute Gasteiger partial charge is 0.293 e. The van der Waals surface area contributed by atoms with E-state index in [1.54, 1.807) is 32.7 Å². The molecule has 27 heavy (non-hydrogen) atoms. The Kier molecular flexibility index (Phi) is 3.20. The number of amides is 1. The van der Waals surface area contributed by atoms with E-state index in [9.17, 15) is 10.1 Å². The van der Waals surface area contributed by atoms with Gasteiger partial charge in [0.2, 0.25) is 5.91 Å². The van der Waals surface area contributed by atoms with Crippen LogP contribution in [0.15, 0.2) is 30.9 Å². The SMILES string of the molecule is C[C@@H]1CN(c2nccn3nc(-c4cnn(C)c4)cc23)C(=O)[C@]1(C#N)C1CC1. The predicted molar refractivity (Wildman–Crippen MR) is 97.5 cm³/mol. The third-order valence-corrected chi connectivity index (χ3v) is 5.86. The second-order valence-corrected chi connectivity index (χ2v) is 7.58. The molecule has 8 heteroatoms. The van der Waals surface area contributed by atoms with E-state index in [1.807, 2.05) is 26.2 Å². The van der Waals surface area contributed by atoms with Gasteiger partial charge in [-0.1, -0.05) is 6.92 Å². The summed E-state index contributed by atoms with van der Waals surface area (Å²) in [5.74, 6) is 0.593. The van der Waals surface area contributed by atoms with Crippen LogP contribution in [0.25, 0.3) is 16.8 Å². The van der Waals surface area contributed by atoms with Crippen LogP contribution in [0.2, 0.25) is 0 Å². The van der Waals surface area contributed by atoms with Gasteiger partial charge in [-0.25, -0.2) is 9.50 Å². The van der Waals surface area contributed by atoms with Crippen molar-refractivity contribution in [1.82, 2.24) is 24.4 Å². The Morgan fingerprint density at radius 3 is 2.85 bits per heavy atom. The van der Waals surface area contributed by atoms with Crippen molar-refractivity contribution in [2.24, 2.45) is 24.3 Å². The first-order valence-electron chi connectivity index (χ1n) is 9.11. The molecule has 0 spiro atoms. The van der Waals surface area contributed by atoms with Crippen LogP contribution in [0.4, 0.5) is 5.82 Å². The first-order chi connectivity index (χ1) is 13.0. The van der Waals surface area contributed by atoms with Crippen LogP contribution in [0.3, 0.4) is 0 Å². The van der Waals surface area contributed by atoms with Crippen molar-refractivity contribution in [2.45, 2.75) is 19.8 Å². The molecule has 0 aromatic carbocycles. The Morgan fingerprint density at radius 1 is 1.37 bits per heavy atom. The minimum Gasteiger partial charge on any atom is -0.293 e. The van der Waals surface area contributed by atoms with Crippen molar-refractivity contribution in [3.05, 3.63) is 30.9 Å². The summed E-state index contributed by atoms with van der Waals surface area (Å²) in [6, 6.07) is 4.29. The Bertz CT molecular complexity index is 1100. The van der Waals surface area contributed by atoms with Gasteiger partial charge < -0.3 is 0 Å². The number of carbonyl (C=O) groups is 1. The maximum atomic E-state index is 13.3. The molecular weight excluding hydrogens is 342 g/mol. The Morgan fingerprint density at radius 2 is 2.19 bits per heavy atom. The number of rotatable bonds is 3. The highest BCUT2D eigenvalue weighted by atomic mass is 16.2. The fourth-order valence-corrected chi connectivity index (χ4v) is 4.29. The Hall–Kier alpha value is -3.21. The number of carbonyl (C=O) groups excluding carboxylic acids is 1. The second kappa shape index (κ2) is 5.39. The van der Waals surface area contributed by atoms with E-state index in [-0.39, 0.29) is 17.7 Å².